The summed E-state index contributed by atoms with van der Waals surface area (Å²) < 4.78 is 0. The largest absolute Gasteiger partial charge is 0.335 e. The van der Waals surface area contributed by atoms with E-state index in [4.69, 9.17) is 0 Å². The van der Waals surface area contributed by atoms with Gasteiger partial charge in [0.1, 0.15) is 0 Å². The standard InChI is InChI=1S/C21H28N2OS/c1-14(2)23(21(24)16(4)18-11-22-12-18)13-19-9-10-20(25-19)17-7-5-15(3)6-8-17/h5-10,14,16,18,22H,11-13H2,1-4H3. The maximum atomic E-state index is 12.9. The SMILES string of the molecule is Cc1ccc(-c2ccc(CN(C(=O)C(C)C3CNC3)C(C)C)s2)cc1. The lowest BCUT2D eigenvalue weighted by molar-refractivity contribution is -0.139. The Morgan fingerprint density at radius 3 is 2.40 bits per heavy atom. The first kappa shape index (κ1) is 18.2. The number of carbonyl (C=O) groups is 1. The Kier molecular flexibility index (Phi) is 5.60. The quantitative estimate of drug-likeness (QED) is 0.836. The third-order valence-electron chi connectivity index (χ3n) is 5.14. The number of amides is 1. The van der Waals surface area contributed by atoms with Crippen LogP contribution in [0.4, 0.5) is 0 Å². The summed E-state index contributed by atoms with van der Waals surface area (Å²) in [7, 11) is 0. The molecule has 2 aromatic rings. The van der Waals surface area contributed by atoms with Gasteiger partial charge in [-0.2, -0.15) is 0 Å². The number of thiophene rings is 1. The Morgan fingerprint density at radius 1 is 1.16 bits per heavy atom. The number of nitrogens with zero attached hydrogens (tertiary/aromatic N) is 1. The van der Waals surface area contributed by atoms with Crippen LogP contribution >= 0.6 is 11.3 Å². The highest BCUT2D eigenvalue weighted by Crippen LogP contribution is 2.30. The molecule has 0 radical (unpaired) electrons. The van der Waals surface area contributed by atoms with Gasteiger partial charge in [0.2, 0.25) is 5.91 Å². The molecule has 1 aliphatic rings. The van der Waals surface area contributed by atoms with Gasteiger partial charge in [-0.25, -0.2) is 0 Å². The average molecular weight is 357 g/mol. The van der Waals surface area contributed by atoms with Crippen LogP contribution in [0.5, 0.6) is 0 Å². The molecule has 1 aromatic carbocycles. The summed E-state index contributed by atoms with van der Waals surface area (Å²) in [6.07, 6.45) is 0. The van der Waals surface area contributed by atoms with E-state index in [1.165, 1.54) is 20.9 Å². The van der Waals surface area contributed by atoms with E-state index in [2.05, 4.69) is 69.4 Å². The summed E-state index contributed by atoms with van der Waals surface area (Å²) in [5.74, 6) is 0.868. The van der Waals surface area contributed by atoms with Crippen molar-refractivity contribution in [2.75, 3.05) is 13.1 Å². The van der Waals surface area contributed by atoms with Gasteiger partial charge in [-0.15, -0.1) is 11.3 Å². The lowest BCUT2D eigenvalue weighted by Crippen LogP contribution is -2.51. The fraction of sp³-hybridized carbons (Fsp3) is 0.476. The average Bonchev–Trinajstić information content (AvgIpc) is 2.99. The van der Waals surface area contributed by atoms with E-state index in [0.29, 0.717) is 12.5 Å². The van der Waals surface area contributed by atoms with Crippen molar-refractivity contribution in [3.05, 3.63) is 46.8 Å². The minimum absolute atomic E-state index is 0.0974. The Labute approximate surface area is 155 Å². The van der Waals surface area contributed by atoms with Gasteiger partial charge in [0.25, 0.3) is 0 Å². The summed E-state index contributed by atoms with van der Waals surface area (Å²) in [6, 6.07) is 13.2. The molecule has 1 N–H and O–H groups in total. The number of rotatable bonds is 6. The van der Waals surface area contributed by atoms with E-state index in [0.717, 1.165) is 13.1 Å². The predicted molar refractivity (Wildman–Crippen MR) is 106 cm³/mol. The summed E-state index contributed by atoms with van der Waals surface area (Å²) in [6.45, 7) is 11.0. The number of benzene rings is 1. The van der Waals surface area contributed by atoms with Gasteiger partial charge < -0.3 is 10.2 Å². The van der Waals surface area contributed by atoms with Crippen molar-refractivity contribution >= 4 is 17.2 Å². The van der Waals surface area contributed by atoms with Crippen LogP contribution in [0.3, 0.4) is 0 Å². The summed E-state index contributed by atoms with van der Waals surface area (Å²) in [5, 5.41) is 3.27. The first-order valence-electron chi connectivity index (χ1n) is 9.12. The third kappa shape index (κ3) is 4.13. The van der Waals surface area contributed by atoms with Crippen LogP contribution in [0.15, 0.2) is 36.4 Å². The maximum absolute atomic E-state index is 12.9. The van der Waals surface area contributed by atoms with Crippen LogP contribution in [-0.2, 0) is 11.3 Å². The summed E-state index contributed by atoms with van der Waals surface area (Å²) in [5.41, 5.74) is 2.52. The van der Waals surface area contributed by atoms with Crippen molar-refractivity contribution in [2.45, 2.75) is 40.3 Å². The highest BCUT2D eigenvalue weighted by Gasteiger charge is 2.32. The number of aryl methyl sites for hydroxylation is 1. The molecule has 2 heterocycles. The fourth-order valence-corrected chi connectivity index (χ4v) is 4.16. The molecule has 0 bridgehead atoms. The molecular weight excluding hydrogens is 328 g/mol. The van der Waals surface area contributed by atoms with Gasteiger partial charge in [0, 0.05) is 21.7 Å². The second-order valence-corrected chi connectivity index (χ2v) is 8.57. The van der Waals surface area contributed by atoms with Crippen molar-refractivity contribution in [1.29, 1.82) is 0 Å². The lowest BCUT2D eigenvalue weighted by atomic mass is 9.87. The molecule has 0 aliphatic carbocycles. The minimum atomic E-state index is 0.0974. The van der Waals surface area contributed by atoms with E-state index in [1.807, 2.05) is 4.90 Å². The number of carbonyl (C=O) groups excluding carboxylic acids is 1. The molecule has 25 heavy (non-hydrogen) atoms. The molecule has 1 saturated heterocycles. The number of hydrogen-bond acceptors (Lipinski definition) is 3. The first-order chi connectivity index (χ1) is 12.0. The monoisotopic (exact) mass is 356 g/mol. The predicted octanol–water partition coefficient (Wildman–Crippen LogP) is 4.32. The number of hydrogen-bond donors (Lipinski definition) is 1. The smallest absolute Gasteiger partial charge is 0.226 e. The molecule has 1 aliphatic heterocycles. The fourth-order valence-electron chi connectivity index (χ4n) is 3.15. The van der Waals surface area contributed by atoms with Crippen molar-refractivity contribution in [1.82, 2.24) is 10.2 Å². The van der Waals surface area contributed by atoms with E-state index in [1.54, 1.807) is 11.3 Å². The lowest BCUT2D eigenvalue weighted by Gasteiger charge is -2.36. The molecule has 1 aromatic heterocycles. The molecule has 3 rings (SSSR count). The molecule has 1 amide bonds. The van der Waals surface area contributed by atoms with Crippen LogP contribution in [0.2, 0.25) is 0 Å². The zero-order valence-electron chi connectivity index (χ0n) is 15.6. The van der Waals surface area contributed by atoms with Gasteiger partial charge >= 0.3 is 0 Å². The minimum Gasteiger partial charge on any atom is -0.335 e. The Balaban J connectivity index is 1.72. The number of nitrogens with one attached hydrogen (secondary N) is 1. The van der Waals surface area contributed by atoms with Crippen LogP contribution in [0.25, 0.3) is 10.4 Å². The molecule has 0 saturated carbocycles. The highest BCUT2D eigenvalue weighted by molar-refractivity contribution is 7.15. The summed E-state index contributed by atoms with van der Waals surface area (Å²) in [4.78, 5) is 17.5. The van der Waals surface area contributed by atoms with Crippen LogP contribution in [0, 0.1) is 18.8 Å². The van der Waals surface area contributed by atoms with Gasteiger partial charge in [-0.1, -0.05) is 36.8 Å². The van der Waals surface area contributed by atoms with Crippen LogP contribution < -0.4 is 5.32 Å². The zero-order valence-corrected chi connectivity index (χ0v) is 16.4. The molecule has 134 valence electrons. The molecule has 1 unspecified atom stereocenters. The summed E-state index contributed by atoms with van der Waals surface area (Å²) >= 11 is 1.79. The normalized spacial score (nSPS) is 15.9. The molecular formula is C21H28N2OS. The van der Waals surface area contributed by atoms with E-state index < -0.39 is 0 Å². The molecule has 4 heteroatoms. The van der Waals surface area contributed by atoms with Gasteiger partial charge in [0.15, 0.2) is 0 Å². The molecule has 3 nitrogen and oxygen atoms in total. The maximum Gasteiger partial charge on any atom is 0.226 e. The van der Waals surface area contributed by atoms with E-state index in [-0.39, 0.29) is 17.9 Å². The topological polar surface area (TPSA) is 32.3 Å². The molecule has 1 atom stereocenters. The molecule has 0 spiro atoms. The van der Waals surface area contributed by atoms with Crippen molar-refractivity contribution < 1.29 is 4.79 Å². The van der Waals surface area contributed by atoms with Crippen molar-refractivity contribution in [3.8, 4) is 10.4 Å². The van der Waals surface area contributed by atoms with Gasteiger partial charge in [-0.3, -0.25) is 4.79 Å². The Bertz CT molecular complexity index is 716. The molecule has 1 fully saturated rings. The first-order valence-corrected chi connectivity index (χ1v) is 9.94. The van der Waals surface area contributed by atoms with E-state index in [9.17, 15) is 4.79 Å². The second-order valence-electron chi connectivity index (χ2n) is 7.40. The van der Waals surface area contributed by atoms with Crippen molar-refractivity contribution in [2.24, 2.45) is 11.8 Å². The van der Waals surface area contributed by atoms with Crippen molar-refractivity contribution in [3.63, 3.8) is 0 Å². The second kappa shape index (κ2) is 7.71. The van der Waals surface area contributed by atoms with Gasteiger partial charge in [0.05, 0.1) is 6.54 Å². The van der Waals surface area contributed by atoms with E-state index >= 15 is 0 Å². The Hall–Kier alpha value is -1.65. The van der Waals surface area contributed by atoms with Gasteiger partial charge in [-0.05, 0) is 57.5 Å². The zero-order chi connectivity index (χ0) is 18.0. The van der Waals surface area contributed by atoms with Crippen LogP contribution in [0.1, 0.15) is 31.2 Å². The Morgan fingerprint density at radius 2 is 1.84 bits per heavy atom. The highest BCUT2D eigenvalue weighted by atomic mass is 32.1. The van der Waals surface area contributed by atoms with Crippen LogP contribution in [-0.4, -0.2) is 29.9 Å². The third-order valence-corrected chi connectivity index (χ3v) is 6.26.